The Bertz CT molecular complexity index is 1120. The number of hydrogen-bond acceptors (Lipinski definition) is 3. The molecule has 0 aliphatic rings. The molecule has 3 aromatic carbocycles. The van der Waals surface area contributed by atoms with Crippen LogP contribution in [0.2, 0.25) is 5.02 Å². The van der Waals surface area contributed by atoms with Crippen LogP contribution < -0.4 is 5.32 Å². The lowest BCUT2D eigenvalue weighted by Crippen LogP contribution is -2.52. The fourth-order valence-electron chi connectivity index (χ4n) is 3.83. The summed E-state index contributed by atoms with van der Waals surface area (Å²) in [5.74, 6) is 0.790. The summed E-state index contributed by atoms with van der Waals surface area (Å²) in [6.45, 7) is 6.35. The molecule has 0 unspecified atom stereocenters. The molecule has 0 bridgehead atoms. The van der Waals surface area contributed by atoms with Crippen molar-refractivity contribution >= 4 is 35.2 Å². The number of nitrogens with zero attached hydrogens (tertiary/aromatic N) is 1. The molecule has 0 aliphatic carbocycles. The van der Waals surface area contributed by atoms with Crippen LogP contribution >= 0.6 is 23.4 Å². The van der Waals surface area contributed by atoms with Gasteiger partial charge in [-0.25, -0.2) is 0 Å². The molecule has 3 aromatic rings. The first-order chi connectivity index (χ1) is 17.4. The van der Waals surface area contributed by atoms with Gasteiger partial charge in [0.2, 0.25) is 11.8 Å². The van der Waals surface area contributed by atoms with E-state index in [1.54, 1.807) is 16.7 Å². The monoisotopic (exact) mass is 522 g/mol. The summed E-state index contributed by atoms with van der Waals surface area (Å²) in [5, 5.41) is 3.69. The van der Waals surface area contributed by atoms with E-state index in [1.807, 2.05) is 68.4 Å². The van der Waals surface area contributed by atoms with Crippen LogP contribution in [-0.2, 0) is 28.3 Å². The van der Waals surface area contributed by atoms with Crippen LogP contribution in [0.1, 0.15) is 42.5 Å². The van der Waals surface area contributed by atoms with E-state index in [2.05, 4.69) is 36.5 Å². The number of benzene rings is 3. The van der Waals surface area contributed by atoms with Crippen LogP contribution in [0.5, 0.6) is 0 Å². The van der Waals surface area contributed by atoms with E-state index in [9.17, 15) is 9.59 Å². The van der Waals surface area contributed by atoms with Crippen molar-refractivity contribution in [3.05, 3.63) is 106 Å². The second kappa shape index (κ2) is 14.1. The molecular formula is C30H35ClN2O2S. The van der Waals surface area contributed by atoms with Crippen molar-refractivity contribution in [2.24, 2.45) is 0 Å². The molecule has 6 heteroatoms. The van der Waals surface area contributed by atoms with E-state index in [0.29, 0.717) is 11.4 Å². The first-order valence-electron chi connectivity index (χ1n) is 12.4. The van der Waals surface area contributed by atoms with Crippen molar-refractivity contribution in [2.45, 2.75) is 58.0 Å². The van der Waals surface area contributed by atoms with Gasteiger partial charge in [-0.1, -0.05) is 96.9 Å². The zero-order chi connectivity index (χ0) is 25.9. The molecule has 0 saturated heterocycles. The highest BCUT2D eigenvalue weighted by atomic mass is 35.5. The summed E-state index contributed by atoms with van der Waals surface area (Å²) in [6.07, 6.45) is 1.25. The van der Waals surface area contributed by atoms with E-state index in [0.717, 1.165) is 23.3 Å². The summed E-state index contributed by atoms with van der Waals surface area (Å²) in [7, 11) is 0. The van der Waals surface area contributed by atoms with Gasteiger partial charge >= 0.3 is 0 Å². The van der Waals surface area contributed by atoms with Gasteiger partial charge in [0.1, 0.15) is 6.04 Å². The molecule has 0 spiro atoms. The first kappa shape index (κ1) is 27.8. The molecule has 0 fully saturated rings. The third-order valence-electron chi connectivity index (χ3n) is 6.19. The number of rotatable bonds is 12. The quantitative estimate of drug-likeness (QED) is 0.298. The minimum Gasteiger partial charge on any atom is -0.352 e. The molecule has 2 amide bonds. The minimum atomic E-state index is -0.648. The standard InChI is InChI=1S/C30H35ClN2O2S/c1-4-23(3)32-30(35)28(18-24-10-6-5-7-11-24)33(19-26-12-8-9-13-27(26)31)29(34)21-36-20-25-16-14-22(2)15-17-25/h5-17,23,28H,4,18-21H2,1-3H3,(H,32,35)/t23-,28-/m0/s1. The van der Waals surface area contributed by atoms with Gasteiger partial charge in [-0.15, -0.1) is 11.8 Å². The van der Waals surface area contributed by atoms with Crippen LogP contribution in [0.15, 0.2) is 78.9 Å². The highest BCUT2D eigenvalue weighted by Crippen LogP contribution is 2.22. The maximum Gasteiger partial charge on any atom is 0.243 e. The molecular weight excluding hydrogens is 488 g/mol. The van der Waals surface area contributed by atoms with Crippen molar-refractivity contribution in [3.63, 3.8) is 0 Å². The molecule has 0 saturated carbocycles. The zero-order valence-electron chi connectivity index (χ0n) is 21.2. The van der Waals surface area contributed by atoms with Crippen LogP contribution in [0.3, 0.4) is 0 Å². The predicted octanol–water partition coefficient (Wildman–Crippen LogP) is 6.44. The third-order valence-corrected chi connectivity index (χ3v) is 7.54. The lowest BCUT2D eigenvalue weighted by Gasteiger charge is -2.32. The summed E-state index contributed by atoms with van der Waals surface area (Å²) >= 11 is 8.04. The van der Waals surface area contributed by atoms with Gasteiger partial charge < -0.3 is 10.2 Å². The highest BCUT2D eigenvalue weighted by molar-refractivity contribution is 7.99. The number of carbonyl (C=O) groups excluding carboxylic acids is 2. The molecule has 1 N–H and O–H groups in total. The van der Waals surface area contributed by atoms with E-state index >= 15 is 0 Å². The molecule has 0 aromatic heterocycles. The molecule has 4 nitrogen and oxygen atoms in total. The number of nitrogens with one attached hydrogen (secondary N) is 1. The SMILES string of the molecule is CC[C@H](C)NC(=O)[C@H](Cc1ccccc1)N(Cc1ccccc1Cl)C(=O)CSCc1ccc(C)cc1. The third kappa shape index (κ3) is 8.42. The maximum atomic E-state index is 13.7. The Hall–Kier alpha value is -2.76. The van der Waals surface area contributed by atoms with Crippen LogP contribution in [0.25, 0.3) is 0 Å². The van der Waals surface area contributed by atoms with Gasteiger partial charge in [-0.3, -0.25) is 9.59 Å². The Balaban J connectivity index is 1.86. The lowest BCUT2D eigenvalue weighted by atomic mass is 10.0. The topological polar surface area (TPSA) is 49.4 Å². The smallest absolute Gasteiger partial charge is 0.243 e. The fourth-order valence-corrected chi connectivity index (χ4v) is 4.89. The van der Waals surface area contributed by atoms with Crippen molar-refractivity contribution in [3.8, 4) is 0 Å². The number of halogens is 1. The number of carbonyl (C=O) groups is 2. The first-order valence-corrected chi connectivity index (χ1v) is 13.9. The molecule has 0 heterocycles. The Labute approximate surface area is 224 Å². The predicted molar refractivity (Wildman–Crippen MR) is 151 cm³/mol. The summed E-state index contributed by atoms with van der Waals surface area (Å²) in [5.41, 5.74) is 4.21. The normalized spacial score (nSPS) is 12.6. The average Bonchev–Trinajstić information content (AvgIpc) is 2.88. The average molecular weight is 523 g/mol. The second-order valence-corrected chi connectivity index (χ2v) is 10.5. The van der Waals surface area contributed by atoms with Gasteiger partial charge in [0, 0.05) is 29.8 Å². The van der Waals surface area contributed by atoms with Crippen molar-refractivity contribution in [1.82, 2.24) is 10.2 Å². The summed E-state index contributed by atoms with van der Waals surface area (Å²) in [4.78, 5) is 28.9. The zero-order valence-corrected chi connectivity index (χ0v) is 22.8. The molecule has 190 valence electrons. The number of thioether (sulfide) groups is 1. The number of hydrogen-bond donors (Lipinski definition) is 1. The second-order valence-electron chi connectivity index (χ2n) is 9.11. The Morgan fingerprint density at radius 2 is 1.61 bits per heavy atom. The van der Waals surface area contributed by atoms with Crippen molar-refractivity contribution < 1.29 is 9.59 Å². The Morgan fingerprint density at radius 1 is 0.944 bits per heavy atom. The number of aryl methyl sites for hydroxylation is 1. The van der Waals surface area contributed by atoms with E-state index in [-0.39, 0.29) is 30.2 Å². The lowest BCUT2D eigenvalue weighted by molar-refractivity contribution is -0.139. The van der Waals surface area contributed by atoms with Crippen LogP contribution in [0, 0.1) is 6.92 Å². The maximum absolute atomic E-state index is 13.7. The summed E-state index contributed by atoms with van der Waals surface area (Å²) < 4.78 is 0. The molecule has 2 atom stereocenters. The van der Waals surface area contributed by atoms with Gasteiger partial charge in [0.25, 0.3) is 0 Å². The highest BCUT2D eigenvalue weighted by Gasteiger charge is 2.31. The van der Waals surface area contributed by atoms with Gasteiger partial charge in [-0.05, 0) is 43.0 Å². The van der Waals surface area contributed by atoms with E-state index < -0.39 is 6.04 Å². The minimum absolute atomic E-state index is 0.0175. The largest absolute Gasteiger partial charge is 0.352 e. The van der Waals surface area contributed by atoms with Crippen LogP contribution in [0.4, 0.5) is 0 Å². The fraction of sp³-hybridized carbons (Fsp3) is 0.333. The van der Waals surface area contributed by atoms with Gasteiger partial charge in [0.15, 0.2) is 0 Å². The van der Waals surface area contributed by atoms with E-state index in [1.165, 1.54) is 11.1 Å². The molecule has 0 aliphatic heterocycles. The van der Waals surface area contributed by atoms with Gasteiger partial charge in [-0.2, -0.15) is 0 Å². The van der Waals surface area contributed by atoms with Crippen molar-refractivity contribution in [1.29, 1.82) is 0 Å². The summed E-state index contributed by atoms with van der Waals surface area (Å²) in [6, 6.07) is 25.1. The molecule has 3 rings (SSSR count). The van der Waals surface area contributed by atoms with Crippen molar-refractivity contribution in [2.75, 3.05) is 5.75 Å². The molecule has 36 heavy (non-hydrogen) atoms. The van der Waals surface area contributed by atoms with Gasteiger partial charge in [0.05, 0.1) is 5.75 Å². The van der Waals surface area contributed by atoms with E-state index in [4.69, 9.17) is 11.6 Å². The Morgan fingerprint density at radius 3 is 2.28 bits per heavy atom. The number of amides is 2. The molecule has 0 radical (unpaired) electrons. The Kier molecular flexibility index (Phi) is 10.9. The van der Waals surface area contributed by atoms with Crippen LogP contribution in [-0.4, -0.2) is 34.6 Å².